The first-order valence-corrected chi connectivity index (χ1v) is 8.63. The molecule has 0 aliphatic carbocycles. The van der Waals surface area contributed by atoms with Gasteiger partial charge in [-0.1, -0.05) is 32.9 Å². The predicted molar refractivity (Wildman–Crippen MR) is 103 cm³/mol. The minimum Gasteiger partial charge on any atom is -0.491 e. The smallest absolute Gasteiger partial charge is 0.262 e. The Balaban J connectivity index is 1.79. The first kappa shape index (κ1) is 19.8. The van der Waals surface area contributed by atoms with Gasteiger partial charge in [0.25, 0.3) is 5.91 Å². The number of ether oxygens (including phenoxy) is 3. The molecule has 0 aliphatic rings. The van der Waals surface area contributed by atoms with Gasteiger partial charge in [0.1, 0.15) is 18.1 Å². The van der Waals surface area contributed by atoms with Crippen LogP contribution in [0.15, 0.2) is 48.5 Å². The average Bonchev–Trinajstić information content (AvgIpc) is 2.61. The lowest BCUT2D eigenvalue weighted by atomic mass is 9.87. The molecule has 1 amide bonds. The Morgan fingerprint density at radius 3 is 2.04 bits per heavy atom. The van der Waals surface area contributed by atoms with Crippen LogP contribution in [-0.4, -0.2) is 32.8 Å². The Labute approximate surface area is 155 Å². The van der Waals surface area contributed by atoms with Crippen LogP contribution < -0.4 is 14.8 Å². The maximum Gasteiger partial charge on any atom is 0.262 e. The molecule has 0 heterocycles. The molecule has 2 aromatic carbocycles. The fourth-order valence-electron chi connectivity index (χ4n) is 2.27. The van der Waals surface area contributed by atoms with Gasteiger partial charge in [0.15, 0.2) is 6.61 Å². The Kier molecular flexibility index (Phi) is 7.04. The second-order valence-electron chi connectivity index (χ2n) is 6.98. The van der Waals surface area contributed by atoms with Gasteiger partial charge in [-0.15, -0.1) is 0 Å². The van der Waals surface area contributed by atoms with Crippen LogP contribution in [0.2, 0.25) is 0 Å². The maximum absolute atomic E-state index is 12.0. The van der Waals surface area contributed by atoms with Gasteiger partial charge in [0.05, 0.1) is 6.61 Å². The highest BCUT2D eigenvalue weighted by Crippen LogP contribution is 2.24. The van der Waals surface area contributed by atoms with Crippen LogP contribution in [0.5, 0.6) is 11.5 Å². The molecule has 0 aliphatic heterocycles. The lowest BCUT2D eigenvalue weighted by Crippen LogP contribution is -2.20. The van der Waals surface area contributed by atoms with Gasteiger partial charge in [-0.3, -0.25) is 4.79 Å². The van der Waals surface area contributed by atoms with E-state index in [0.29, 0.717) is 24.7 Å². The summed E-state index contributed by atoms with van der Waals surface area (Å²) < 4.78 is 16.0. The summed E-state index contributed by atoms with van der Waals surface area (Å²) in [5, 5.41) is 2.80. The van der Waals surface area contributed by atoms with Crippen molar-refractivity contribution in [2.75, 3.05) is 32.2 Å². The molecule has 0 atom stereocenters. The van der Waals surface area contributed by atoms with Gasteiger partial charge in [-0.05, 0) is 47.4 Å². The Morgan fingerprint density at radius 2 is 1.46 bits per heavy atom. The second kappa shape index (κ2) is 9.25. The van der Waals surface area contributed by atoms with E-state index in [2.05, 4.69) is 26.1 Å². The predicted octanol–water partition coefficient (Wildman–Crippen LogP) is 4.03. The molecule has 0 aromatic heterocycles. The number of rotatable bonds is 8. The number of methoxy groups -OCH3 is 1. The SMILES string of the molecule is COCCOc1ccc(NC(=O)COc2ccc(C(C)(C)C)cc2)cc1. The highest BCUT2D eigenvalue weighted by molar-refractivity contribution is 5.91. The lowest BCUT2D eigenvalue weighted by molar-refractivity contribution is -0.118. The number of carbonyl (C=O) groups is 1. The lowest BCUT2D eigenvalue weighted by Gasteiger charge is -2.19. The fourth-order valence-corrected chi connectivity index (χ4v) is 2.27. The largest absolute Gasteiger partial charge is 0.491 e. The third-order valence-corrected chi connectivity index (χ3v) is 3.78. The highest BCUT2D eigenvalue weighted by Gasteiger charge is 2.13. The molecular formula is C21H27NO4. The minimum atomic E-state index is -0.210. The van der Waals surface area contributed by atoms with Crippen LogP contribution in [0.3, 0.4) is 0 Å². The van der Waals surface area contributed by atoms with Crippen molar-refractivity contribution >= 4 is 11.6 Å². The zero-order valence-electron chi connectivity index (χ0n) is 15.9. The van der Waals surface area contributed by atoms with Gasteiger partial charge in [0.2, 0.25) is 0 Å². The molecule has 0 radical (unpaired) electrons. The number of hydrogen-bond acceptors (Lipinski definition) is 4. The van der Waals surface area contributed by atoms with Crippen molar-refractivity contribution in [1.29, 1.82) is 0 Å². The molecule has 140 valence electrons. The number of hydrogen-bond donors (Lipinski definition) is 1. The summed E-state index contributed by atoms with van der Waals surface area (Å²) >= 11 is 0. The molecule has 5 nitrogen and oxygen atoms in total. The van der Waals surface area contributed by atoms with E-state index in [-0.39, 0.29) is 17.9 Å². The van der Waals surface area contributed by atoms with Crippen molar-refractivity contribution in [2.24, 2.45) is 0 Å². The first-order chi connectivity index (χ1) is 12.4. The summed E-state index contributed by atoms with van der Waals surface area (Å²) in [4.78, 5) is 12.0. The third kappa shape index (κ3) is 6.41. The van der Waals surface area contributed by atoms with E-state index >= 15 is 0 Å². The Bertz CT molecular complexity index is 687. The van der Waals surface area contributed by atoms with Gasteiger partial charge >= 0.3 is 0 Å². The van der Waals surface area contributed by atoms with Crippen molar-refractivity contribution in [3.63, 3.8) is 0 Å². The average molecular weight is 357 g/mol. The number of benzene rings is 2. The van der Waals surface area contributed by atoms with Crippen LogP contribution in [0.25, 0.3) is 0 Å². The van der Waals surface area contributed by atoms with E-state index in [1.165, 1.54) is 5.56 Å². The summed E-state index contributed by atoms with van der Waals surface area (Å²) in [6.07, 6.45) is 0. The van der Waals surface area contributed by atoms with Gasteiger partial charge in [-0.2, -0.15) is 0 Å². The molecule has 0 fully saturated rings. The Morgan fingerprint density at radius 1 is 0.885 bits per heavy atom. The van der Waals surface area contributed by atoms with E-state index in [4.69, 9.17) is 14.2 Å². The summed E-state index contributed by atoms with van der Waals surface area (Å²) in [6, 6.07) is 15.0. The van der Waals surface area contributed by atoms with Crippen molar-refractivity contribution < 1.29 is 19.0 Å². The van der Waals surface area contributed by atoms with Crippen molar-refractivity contribution in [3.8, 4) is 11.5 Å². The van der Waals surface area contributed by atoms with E-state index in [1.54, 1.807) is 31.4 Å². The van der Waals surface area contributed by atoms with Crippen molar-refractivity contribution in [3.05, 3.63) is 54.1 Å². The number of amides is 1. The minimum absolute atomic E-state index is 0.0407. The molecule has 26 heavy (non-hydrogen) atoms. The molecule has 2 aromatic rings. The maximum atomic E-state index is 12.0. The van der Waals surface area contributed by atoms with Crippen LogP contribution in [0, 0.1) is 0 Å². The summed E-state index contributed by atoms with van der Waals surface area (Å²) in [5.41, 5.74) is 2.01. The quantitative estimate of drug-likeness (QED) is 0.725. The molecule has 0 saturated carbocycles. The fraction of sp³-hybridized carbons (Fsp3) is 0.381. The number of carbonyl (C=O) groups excluding carboxylic acids is 1. The molecule has 5 heteroatoms. The standard InChI is InChI=1S/C21H27NO4/c1-21(2,3)16-5-9-19(10-6-16)26-15-20(23)22-17-7-11-18(12-8-17)25-14-13-24-4/h5-12H,13-15H2,1-4H3,(H,22,23). The molecule has 0 spiro atoms. The highest BCUT2D eigenvalue weighted by atomic mass is 16.5. The third-order valence-electron chi connectivity index (χ3n) is 3.78. The molecule has 2 rings (SSSR count). The molecular weight excluding hydrogens is 330 g/mol. The van der Waals surface area contributed by atoms with Crippen molar-refractivity contribution in [1.82, 2.24) is 0 Å². The van der Waals surface area contributed by atoms with E-state index in [0.717, 1.165) is 5.75 Å². The molecule has 1 N–H and O–H groups in total. The zero-order chi connectivity index (χ0) is 19.0. The second-order valence-corrected chi connectivity index (χ2v) is 6.98. The van der Waals surface area contributed by atoms with Crippen LogP contribution in [0.4, 0.5) is 5.69 Å². The zero-order valence-corrected chi connectivity index (χ0v) is 15.9. The summed E-state index contributed by atoms with van der Waals surface area (Å²) in [7, 11) is 1.63. The van der Waals surface area contributed by atoms with Crippen LogP contribution in [0.1, 0.15) is 26.3 Å². The monoisotopic (exact) mass is 357 g/mol. The van der Waals surface area contributed by atoms with Gasteiger partial charge in [0, 0.05) is 12.8 Å². The first-order valence-electron chi connectivity index (χ1n) is 8.63. The number of anilines is 1. The number of nitrogens with one attached hydrogen (secondary N) is 1. The Hall–Kier alpha value is -2.53. The van der Waals surface area contributed by atoms with Crippen LogP contribution >= 0.6 is 0 Å². The topological polar surface area (TPSA) is 56.8 Å². The molecule has 0 unspecified atom stereocenters. The summed E-state index contributed by atoms with van der Waals surface area (Å²) in [6.45, 7) is 7.45. The van der Waals surface area contributed by atoms with Crippen LogP contribution in [-0.2, 0) is 14.9 Å². The summed E-state index contributed by atoms with van der Waals surface area (Å²) in [5.74, 6) is 1.20. The van der Waals surface area contributed by atoms with E-state index < -0.39 is 0 Å². The van der Waals surface area contributed by atoms with Crippen molar-refractivity contribution in [2.45, 2.75) is 26.2 Å². The normalized spacial score (nSPS) is 11.1. The van der Waals surface area contributed by atoms with Gasteiger partial charge in [-0.25, -0.2) is 0 Å². The van der Waals surface area contributed by atoms with Gasteiger partial charge < -0.3 is 19.5 Å². The molecule has 0 bridgehead atoms. The molecule has 0 saturated heterocycles. The van der Waals surface area contributed by atoms with E-state index in [1.807, 2.05) is 24.3 Å². The van der Waals surface area contributed by atoms with E-state index in [9.17, 15) is 4.79 Å².